The average Bonchev–Trinajstić information content (AvgIpc) is 3.04. The van der Waals surface area contributed by atoms with Crippen LogP contribution in [0.5, 0.6) is 0 Å². The molecule has 0 fully saturated rings. The normalized spacial score (nSPS) is 16.2. The number of nitrogens with two attached hydrogens (primary N) is 1. The molecule has 1 aromatic heterocycles. The number of hydrogen-bond acceptors (Lipinski definition) is 5. The van der Waals surface area contributed by atoms with Crippen molar-refractivity contribution in [2.45, 2.75) is 5.92 Å². The van der Waals surface area contributed by atoms with Gasteiger partial charge >= 0.3 is 0 Å². The summed E-state index contributed by atoms with van der Waals surface area (Å²) in [6, 6.07) is 15.3. The van der Waals surface area contributed by atoms with Crippen molar-refractivity contribution in [2.24, 2.45) is 5.73 Å². The predicted molar refractivity (Wildman–Crippen MR) is 109 cm³/mol. The largest absolute Gasteiger partial charge is 0.384 e. The van der Waals surface area contributed by atoms with Gasteiger partial charge in [-0.25, -0.2) is 8.78 Å². The highest BCUT2D eigenvalue weighted by Crippen LogP contribution is 2.35. The first kappa shape index (κ1) is 19.3. The van der Waals surface area contributed by atoms with E-state index in [0.29, 0.717) is 11.1 Å². The summed E-state index contributed by atoms with van der Waals surface area (Å²) in [5.41, 5.74) is 6.59. The summed E-state index contributed by atoms with van der Waals surface area (Å²) in [6.45, 7) is 0. The molecular formula is C22H12F2N4OS. The van der Waals surface area contributed by atoms with Crippen molar-refractivity contribution in [1.82, 2.24) is 4.57 Å². The summed E-state index contributed by atoms with van der Waals surface area (Å²) in [4.78, 5) is 13.0. The second-order valence-electron chi connectivity index (χ2n) is 6.54. The highest BCUT2D eigenvalue weighted by molar-refractivity contribution is 7.07. The third-order valence-electron chi connectivity index (χ3n) is 4.72. The van der Waals surface area contributed by atoms with Crippen molar-refractivity contribution < 1.29 is 8.78 Å². The Balaban J connectivity index is 2.07. The molecule has 2 N–H and O–H groups in total. The summed E-state index contributed by atoms with van der Waals surface area (Å²) in [5.74, 6) is -1.97. The van der Waals surface area contributed by atoms with E-state index >= 15 is 0 Å². The fourth-order valence-electron chi connectivity index (χ4n) is 3.42. The lowest BCUT2D eigenvalue weighted by Crippen LogP contribution is -2.38. The number of nitriles is 2. The van der Waals surface area contributed by atoms with Gasteiger partial charge in [-0.2, -0.15) is 10.5 Å². The van der Waals surface area contributed by atoms with Crippen LogP contribution in [0.25, 0.3) is 17.5 Å². The Morgan fingerprint density at radius 1 is 1.03 bits per heavy atom. The van der Waals surface area contributed by atoms with E-state index in [1.807, 2.05) is 6.07 Å². The molecule has 30 heavy (non-hydrogen) atoms. The smallest absolute Gasteiger partial charge is 0.274 e. The second-order valence-corrected chi connectivity index (χ2v) is 7.57. The number of rotatable bonds is 2. The van der Waals surface area contributed by atoms with Gasteiger partial charge in [-0.1, -0.05) is 24.3 Å². The molecule has 1 atom stereocenters. The van der Waals surface area contributed by atoms with E-state index in [4.69, 9.17) is 5.73 Å². The predicted octanol–water partition coefficient (Wildman–Crippen LogP) is 2.14. The first-order valence-electron chi connectivity index (χ1n) is 8.73. The van der Waals surface area contributed by atoms with Gasteiger partial charge in [0.1, 0.15) is 22.1 Å². The topological polar surface area (TPSA) is 95.6 Å². The van der Waals surface area contributed by atoms with Gasteiger partial charge in [0.05, 0.1) is 33.7 Å². The minimum absolute atomic E-state index is 0.0122. The summed E-state index contributed by atoms with van der Waals surface area (Å²) in [7, 11) is 0. The van der Waals surface area contributed by atoms with Gasteiger partial charge in [-0.15, -0.1) is 11.3 Å². The van der Waals surface area contributed by atoms with E-state index in [2.05, 4.69) is 6.07 Å². The van der Waals surface area contributed by atoms with E-state index in [1.165, 1.54) is 42.5 Å². The van der Waals surface area contributed by atoms with Gasteiger partial charge in [-0.3, -0.25) is 9.36 Å². The SMILES string of the molecule is N#CC1=C(N)n2c(s/c(=C\c3cccc(F)c3)c2=O)=C(C#N)[C@@H]1c1cccc(F)c1. The van der Waals surface area contributed by atoms with Crippen LogP contribution >= 0.6 is 11.3 Å². The van der Waals surface area contributed by atoms with Gasteiger partial charge in [-0.05, 0) is 41.5 Å². The Labute approximate surface area is 173 Å². The Kier molecular flexibility index (Phi) is 4.78. The molecule has 0 bridgehead atoms. The quantitative estimate of drug-likeness (QED) is 0.690. The Morgan fingerprint density at radius 2 is 1.70 bits per heavy atom. The van der Waals surface area contributed by atoms with E-state index in [0.717, 1.165) is 15.9 Å². The summed E-state index contributed by atoms with van der Waals surface area (Å²) in [6.07, 6.45) is 1.49. The monoisotopic (exact) mass is 418 g/mol. The van der Waals surface area contributed by atoms with Crippen molar-refractivity contribution in [3.05, 3.63) is 96.4 Å². The number of hydrogen-bond donors (Lipinski definition) is 1. The molecule has 0 radical (unpaired) electrons. The third kappa shape index (κ3) is 3.10. The molecule has 1 aliphatic rings. The Morgan fingerprint density at radius 3 is 2.33 bits per heavy atom. The maximum absolute atomic E-state index is 13.8. The fourth-order valence-corrected chi connectivity index (χ4v) is 4.55. The van der Waals surface area contributed by atoms with Gasteiger partial charge < -0.3 is 5.73 Å². The molecule has 8 heteroatoms. The number of fused-ring (bicyclic) bond motifs is 1. The molecule has 146 valence electrons. The summed E-state index contributed by atoms with van der Waals surface area (Å²) in [5, 5.41) is 19.5. The highest BCUT2D eigenvalue weighted by Gasteiger charge is 2.32. The fraction of sp³-hybridized carbons (Fsp3) is 0.0455. The van der Waals surface area contributed by atoms with E-state index in [1.54, 1.807) is 12.1 Å². The molecule has 0 saturated carbocycles. The molecule has 0 spiro atoms. The molecule has 0 aliphatic carbocycles. The van der Waals surface area contributed by atoms with Crippen LogP contribution < -0.4 is 20.5 Å². The zero-order valence-electron chi connectivity index (χ0n) is 15.3. The van der Waals surface area contributed by atoms with Crippen LogP contribution in [0.3, 0.4) is 0 Å². The van der Waals surface area contributed by atoms with E-state index in [-0.39, 0.29) is 26.2 Å². The van der Waals surface area contributed by atoms with Crippen LogP contribution in [0.2, 0.25) is 0 Å². The van der Waals surface area contributed by atoms with Crippen LogP contribution in [-0.4, -0.2) is 4.57 Å². The van der Waals surface area contributed by atoms with Gasteiger partial charge in [0.25, 0.3) is 5.56 Å². The average molecular weight is 418 g/mol. The highest BCUT2D eigenvalue weighted by atomic mass is 32.1. The Bertz CT molecular complexity index is 1480. The minimum atomic E-state index is -0.893. The zero-order valence-corrected chi connectivity index (χ0v) is 16.1. The number of benzene rings is 2. The summed E-state index contributed by atoms with van der Waals surface area (Å²) < 4.78 is 28.9. The molecule has 0 unspecified atom stereocenters. The molecule has 0 amide bonds. The first-order valence-corrected chi connectivity index (χ1v) is 9.55. The lowest BCUT2D eigenvalue weighted by molar-refractivity contribution is 0.625. The standard InChI is InChI=1S/C22H12F2N4OS/c23-14-5-1-3-12(7-14)8-18-21(29)28-20(27)16(10-25)19(17(11-26)22(28)30-18)13-4-2-6-15(24)9-13/h1-9,19H,27H2/b18-8-/t19-/m1/s1. The minimum Gasteiger partial charge on any atom is -0.384 e. The van der Waals surface area contributed by atoms with Crippen molar-refractivity contribution in [3.8, 4) is 12.1 Å². The lowest BCUT2D eigenvalue weighted by atomic mass is 9.84. The van der Waals surface area contributed by atoms with Crippen LogP contribution in [0.1, 0.15) is 17.0 Å². The number of halogens is 2. The second kappa shape index (κ2) is 7.43. The number of thiazole rings is 1. The van der Waals surface area contributed by atoms with Gasteiger partial charge in [0.15, 0.2) is 0 Å². The lowest BCUT2D eigenvalue weighted by Gasteiger charge is -2.22. The van der Waals surface area contributed by atoms with Crippen LogP contribution in [0.15, 0.2) is 58.9 Å². The van der Waals surface area contributed by atoms with E-state index < -0.39 is 23.1 Å². The maximum atomic E-state index is 13.8. The van der Waals surface area contributed by atoms with Crippen LogP contribution in [0.4, 0.5) is 8.78 Å². The van der Waals surface area contributed by atoms with Crippen molar-refractivity contribution in [2.75, 3.05) is 0 Å². The number of allylic oxidation sites excluding steroid dienone is 1. The first-order chi connectivity index (χ1) is 14.4. The third-order valence-corrected chi connectivity index (χ3v) is 5.83. The van der Waals surface area contributed by atoms with Crippen molar-refractivity contribution in [3.63, 3.8) is 0 Å². The van der Waals surface area contributed by atoms with Gasteiger partial charge in [0.2, 0.25) is 0 Å². The number of nitrogens with zero attached hydrogens (tertiary/aromatic N) is 3. The molecule has 2 heterocycles. The number of aromatic nitrogens is 1. The maximum Gasteiger partial charge on any atom is 0.274 e. The van der Waals surface area contributed by atoms with Gasteiger partial charge in [0, 0.05) is 0 Å². The molecule has 5 nitrogen and oxygen atoms in total. The van der Waals surface area contributed by atoms with Crippen LogP contribution in [-0.2, 0) is 0 Å². The van der Waals surface area contributed by atoms with Crippen LogP contribution in [0, 0.1) is 34.3 Å². The molecule has 3 aromatic rings. The molecule has 0 saturated heterocycles. The molecule has 1 aliphatic heterocycles. The molecular weight excluding hydrogens is 406 g/mol. The zero-order chi connectivity index (χ0) is 21.4. The van der Waals surface area contributed by atoms with Crippen molar-refractivity contribution >= 4 is 28.8 Å². The molecule has 4 rings (SSSR count). The van der Waals surface area contributed by atoms with Crippen molar-refractivity contribution in [1.29, 1.82) is 10.5 Å². The van der Waals surface area contributed by atoms with E-state index in [9.17, 15) is 24.1 Å². The Hall–Kier alpha value is -4.01. The molecule has 2 aromatic carbocycles. The summed E-state index contributed by atoms with van der Waals surface area (Å²) >= 11 is 1.01.